The van der Waals surface area contributed by atoms with Crippen LogP contribution in [0.5, 0.6) is 46.0 Å². The second kappa shape index (κ2) is 28.8. The van der Waals surface area contributed by atoms with E-state index >= 15 is 19.2 Å². The van der Waals surface area contributed by atoms with Crippen LogP contribution in [-0.4, -0.2) is 46.5 Å². The smallest absolute Gasteiger partial charge is 0.261 e. The number of rotatable bonds is 14. The van der Waals surface area contributed by atoms with Crippen LogP contribution in [-0.2, 0) is 0 Å². The van der Waals surface area contributed by atoms with E-state index in [-0.39, 0.29) is 69.1 Å². The van der Waals surface area contributed by atoms with Crippen molar-refractivity contribution in [1.82, 2.24) is 9.80 Å². The molecule has 0 saturated carbocycles. The second-order valence-electron chi connectivity index (χ2n) is 25.2. The van der Waals surface area contributed by atoms with Gasteiger partial charge >= 0.3 is 0 Å². The maximum absolute atomic E-state index is 15.6. The molecule has 14 heteroatoms. The molecule has 0 unspecified atom stereocenters. The van der Waals surface area contributed by atoms with E-state index in [1.807, 2.05) is 13.8 Å². The first kappa shape index (κ1) is 66.7. The van der Waals surface area contributed by atoms with Gasteiger partial charge in [-0.05, 0) is 231 Å². The number of ether oxygens (including phenoxy) is 4. The zero-order valence-corrected chi connectivity index (χ0v) is 57.0. The maximum atomic E-state index is 15.6. The molecule has 0 fully saturated rings. The minimum atomic E-state index is -0.565. The van der Waals surface area contributed by atoms with E-state index < -0.39 is 23.6 Å². The Kier molecular flexibility index (Phi) is 18.1. The Balaban J connectivity index is 1.01. The van der Waals surface area contributed by atoms with Crippen molar-refractivity contribution in [3.05, 3.63) is 307 Å². The van der Waals surface area contributed by atoms with Crippen LogP contribution < -0.4 is 18.9 Å². The Labute approximate surface area is 610 Å². The zero-order chi connectivity index (χ0) is 73.0. The Morgan fingerprint density at radius 2 is 0.434 bits per heavy atom. The number of benzene rings is 13. The molecule has 0 aliphatic carbocycles. The summed E-state index contributed by atoms with van der Waals surface area (Å²) in [6.45, 7) is 4.15. The lowest BCUT2D eigenvalue weighted by atomic mass is 9.80. The van der Waals surface area contributed by atoms with Crippen molar-refractivity contribution in [2.45, 2.75) is 39.5 Å². The molecule has 13 aromatic rings. The van der Waals surface area contributed by atoms with Crippen molar-refractivity contribution < 1.29 is 38.1 Å². The van der Waals surface area contributed by atoms with Gasteiger partial charge in [0.1, 0.15) is 46.0 Å². The Bertz CT molecular complexity index is 5520. The van der Waals surface area contributed by atoms with Crippen LogP contribution in [0.1, 0.15) is 148 Å². The highest BCUT2D eigenvalue weighted by molar-refractivity contribution is 6.45. The highest BCUT2D eigenvalue weighted by Crippen LogP contribution is 2.58. The number of unbranched alkanes of at least 4 members (excludes halogenated alkanes) is 2. The van der Waals surface area contributed by atoms with Crippen LogP contribution in [0.15, 0.2) is 218 Å². The number of carbonyl (C=O) groups excluding carboxylic acids is 4. The molecule has 0 bridgehead atoms. The van der Waals surface area contributed by atoms with Gasteiger partial charge in [-0.25, -0.2) is 0 Å². The molecule has 14 nitrogen and oxygen atoms in total. The molecule has 2 heterocycles. The van der Waals surface area contributed by atoms with Gasteiger partial charge in [0.25, 0.3) is 23.6 Å². The third-order valence-corrected chi connectivity index (χ3v) is 18.3. The van der Waals surface area contributed by atoms with Gasteiger partial charge in [0.05, 0.1) is 68.8 Å². The standard InChI is InChI=1S/C92H54N6O8/c1-3-5-47-97-89(99)73-49-77(103-69-39-31-61(32-40-69)11-7-57-15-23-65(53-93)24-16-57)83-85-79(105-71-43-35-63(36-44-71)13-9-59-19-27-67(55-95)28-20-59)51-75-82-76(92(102)98(91(75)101)48-6-4-2)52-80(106-72-45-37-64(38-46-72)14-10-60-21-29-68(56-96)30-22-60)86(88(82)85)84-78(50-74(90(97)100)81(73)87(83)84)104-70-41-33-62(34-42-70)12-8-58-17-25-66(54-94)26-18-58/h15-46,49-52H,3-6,47-48H2,1-2H3. The molecule has 500 valence electrons. The van der Waals surface area contributed by atoms with Crippen molar-refractivity contribution in [3.63, 3.8) is 0 Å². The van der Waals surface area contributed by atoms with Crippen molar-refractivity contribution in [3.8, 4) is 118 Å². The third-order valence-electron chi connectivity index (χ3n) is 18.3. The van der Waals surface area contributed by atoms with E-state index in [1.54, 1.807) is 218 Å². The normalized spacial score (nSPS) is 11.8. The van der Waals surface area contributed by atoms with Gasteiger partial charge in [-0.1, -0.05) is 74.1 Å². The molecule has 0 atom stereocenters. The maximum Gasteiger partial charge on any atom is 0.261 e. The zero-order valence-electron chi connectivity index (χ0n) is 57.0. The molecule has 0 saturated heterocycles. The minimum Gasteiger partial charge on any atom is -0.457 e. The number of nitrogens with zero attached hydrogens (tertiary/aromatic N) is 6. The SMILES string of the molecule is CCCCN1C(=O)c2cc(Oc3ccc(C#Cc4ccc(C#N)cc4)cc3)c3c4c(Oc5ccc(C#Cc6ccc(C#N)cc6)cc5)cc5c6c(cc(Oc7ccc(C#Cc8ccc(C#N)cc8)cc7)c(c7c(Oc8ccc(C#Cc9ccc(C#N)cc9)cc8)cc(c2c37)C1=O)c64)C(=O)N(CCCC)C5=O. The second-order valence-corrected chi connectivity index (χ2v) is 25.2. The summed E-state index contributed by atoms with van der Waals surface area (Å²) in [5, 5.41) is 40.2. The van der Waals surface area contributed by atoms with Crippen LogP contribution >= 0.6 is 0 Å². The van der Waals surface area contributed by atoms with Gasteiger partial charge in [0.2, 0.25) is 0 Å². The summed E-state index contributed by atoms with van der Waals surface area (Å²) in [4.78, 5) is 65.0. The molecule has 0 radical (unpaired) electrons. The number of hydrogen-bond donors (Lipinski definition) is 0. The molecule has 15 rings (SSSR count). The Morgan fingerprint density at radius 3 is 0.613 bits per heavy atom. The molecular formula is C92H54N6O8. The molecule has 0 aromatic heterocycles. The van der Waals surface area contributed by atoms with E-state index in [4.69, 9.17) is 18.9 Å². The summed E-state index contributed by atoms with van der Waals surface area (Å²) in [7, 11) is 0. The lowest BCUT2D eigenvalue weighted by Gasteiger charge is -2.32. The van der Waals surface area contributed by atoms with Crippen LogP contribution in [0.2, 0.25) is 0 Å². The molecule has 4 amide bonds. The number of amides is 4. The van der Waals surface area contributed by atoms with Gasteiger partial charge in [0, 0.05) is 101 Å². The average Bonchev–Trinajstić information content (AvgIpc) is 0.672. The van der Waals surface area contributed by atoms with E-state index in [0.29, 0.717) is 148 Å². The molecule has 2 aliphatic heterocycles. The van der Waals surface area contributed by atoms with Crippen molar-refractivity contribution >= 4 is 66.7 Å². The van der Waals surface area contributed by atoms with Gasteiger partial charge in [-0.15, -0.1) is 0 Å². The molecule has 0 N–H and O–H groups in total. The summed E-state index contributed by atoms with van der Waals surface area (Å²) in [6, 6.07) is 71.3. The average molecular weight is 1370 g/mol. The first-order valence-electron chi connectivity index (χ1n) is 34.2. The van der Waals surface area contributed by atoms with Gasteiger partial charge in [-0.2, -0.15) is 21.0 Å². The molecule has 0 spiro atoms. The fourth-order valence-corrected chi connectivity index (χ4v) is 13.0. The monoisotopic (exact) mass is 1370 g/mol. The number of hydrogen-bond acceptors (Lipinski definition) is 12. The van der Waals surface area contributed by atoms with E-state index in [2.05, 4.69) is 71.6 Å². The lowest BCUT2D eigenvalue weighted by molar-refractivity contribution is 0.0593. The number of nitriles is 4. The predicted octanol–water partition coefficient (Wildman–Crippen LogP) is 18.8. The van der Waals surface area contributed by atoms with Gasteiger partial charge in [-0.3, -0.25) is 29.0 Å². The van der Waals surface area contributed by atoms with Crippen molar-refractivity contribution in [2.75, 3.05) is 13.1 Å². The van der Waals surface area contributed by atoms with Crippen molar-refractivity contribution in [1.29, 1.82) is 21.0 Å². The highest BCUT2D eigenvalue weighted by atomic mass is 16.5. The van der Waals surface area contributed by atoms with Crippen molar-refractivity contribution in [2.24, 2.45) is 0 Å². The van der Waals surface area contributed by atoms with Crippen LogP contribution in [0.3, 0.4) is 0 Å². The topological polar surface area (TPSA) is 207 Å². The summed E-state index contributed by atoms with van der Waals surface area (Å²) < 4.78 is 28.9. The summed E-state index contributed by atoms with van der Waals surface area (Å²) in [6.07, 6.45) is 2.35. The van der Waals surface area contributed by atoms with Crippen LogP contribution in [0.25, 0.3) is 43.1 Å². The quantitative estimate of drug-likeness (QED) is 0.0431. The Hall–Kier alpha value is -15.2. The fraction of sp³-hybridized carbons (Fsp3) is 0.0870. The molecule has 106 heavy (non-hydrogen) atoms. The first-order valence-corrected chi connectivity index (χ1v) is 34.2. The lowest BCUT2D eigenvalue weighted by Crippen LogP contribution is -2.41. The van der Waals surface area contributed by atoms with Gasteiger partial charge < -0.3 is 18.9 Å². The molecular weight excluding hydrogens is 1320 g/mol. The molecule has 2 aliphatic rings. The highest BCUT2D eigenvalue weighted by Gasteiger charge is 2.41. The third kappa shape index (κ3) is 13.1. The Morgan fingerprint density at radius 1 is 0.255 bits per heavy atom. The number of imide groups is 2. The predicted molar refractivity (Wildman–Crippen MR) is 403 cm³/mol. The summed E-state index contributed by atoms with van der Waals surface area (Å²) in [5.74, 6) is 25.1. The number of carbonyl (C=O) groups is 4. The van der Waals surface area contributed by atoms with Crippen LogP contribution in [0, 0.1) is 92.7 Å². The minimum absolute atomic E-state index is 0.0987. The largest absolute Gasteiger partial charge is 0.457 e. The van der Waals surface area contributed by atoms with Crippen LogP contribution in [0.4, 0.5) is 0 Å². The summed E-state index contributed by atoms with van der Waals surface area (Å²) >= 11 is 0. The van der Waals surface area contributed by atoms with E-state index in [9.17, 15) is 21.0 Å². The van der Waals surface area contributed by atoms with E-state index in [0.717, 1.165) is 0 Å². The van der Waals surface area contributed by atoms with Gasteiger partial charge in [0.15, 0.2) is 0 Å². The number of fused-ring (bicyclic) bond motifs is 2. The fourth-order valence-electron chi connectivity index (χ4n) is 13.0. The van der Waals surface area contributed by atoms with E-state index in [1.165, 1.54) is 9.80 Å². The summed E-state index contributed by atoms with van der Waals surface area (Å²) in [5.41, 5.74) is 8.00. The molecule has 13 aromatic carbocycles. The first-order chi connectivity index (χ1) is 51.9.